The van der Waals surface area contributed by atoms with Gasteiger partial charge in [0.15, 0.2) is 0 Å². The second kappa shape index (κ2) is 5.79. The molecular formula is C10H17FN2O3. The molecular weight excluding hydrogens is 215 g/mol. The first-order chi connectivity index (χ1) is 7.60. The highest BCUT2D eigenvalue weighted by molar-refractivity contribution is 5.86. The minimum atomic E-state index is -1.00. The van der Waals surface area contributed by atoms with E-state index in [4.69, 9.17) is 5.11 Å². The van der Waals surface area contributed by atoms with Crippen LogP contribution in [0.25, 0.3) is 0 Å². The van der Waals surface area contributed by atoms with Crippen LogP contribution >= 0.6 is 0 Å². The molecule has 92 valence electrons. The molecule has 0 radical (unpaired) electrons. The molecule has 5 nitrogen and oxygen atoms in total. The number of carbonyl (C=O) groups excluding carboxylic acids is 1. The van der Waals surface area contributed by atoms with Crippen molar-refractivity contribution in [1.29, 1.82) is 0 Å². The number of amides is 1. The highest BCUT2D eigenvalue weighted by atomic mass is 19.1. The number of carboxylic acids is 1. The number of alkyl halides is 1. The Bertz CT molecular complexity index is 273. The van der Waals surface area contributed by atoms with Crippen molar-refractivity contribution in [2.75, 3.05) is 32.9 Å². The normalized spacial score (nSPS) is 22.5. The van der Waals surface area contributed by atoms with Crippen molar-refractivity contribution in [3.63, 3.8) is 0 Å². The summed E-state index contributed by atoms with van der Waals surface area (Å²) in [7, 11) is 0. The van der Waals surface area contributed by atoms with Crippen molar-refractivity contribution in [2.45, 2.75) is 19.4 Å². The van der Waals surface area contributed by atoms with Gasteiger partial charge in [-0.3, -0.25) is 14.5 Å². The van der Waals surface area contributed by atoms with E-state index in [0.717, 1.165) is 0 Å². The molecule has 16 heavy (non-hydrogen) atoms. The highest BCUT2D eigenvalue weighted by Crippen LogP contribution is 2.14. The summed E-state index contributed by atoms with van der Waals surface area (Å²) in [6, 6.07) is -0.636. The van der Waals surface area contributed by atoms with E-state index in [9.17, 15) is 14.0 Å². The second-order valence-electron chi connectivity index (χ2n) is 3.76. The minimum absolute atomic E-state index is 0.0620. The largest absolute Gasteiger partial charge is 0.481 e. The van der Waals surface area contributed by atoms with Crippen LogP contribution in [0.2, 0.25) is 0 Å². The lowest BCUT2D eigenvalue weighted by molar-refractivity contribution is -0.149. The van der Waals surface area contributed by atoms with E-state index in [1.165, 1.54) is 4.90 Å². The van der Waals surface area contributed by atoms with Crippen LogP contribution in [-0.2, 0) is 9.59 Å². The quantitative estimate of drug-likeness (QED) is 0.722. The third kappa shape index (κ3) is 2.91. The fourth-order valence-corrected chi connectivity index (χ4v) is 1.97. The fraction of sp³-hybridized carbons (Fsp3) is 0.800. The van der Waals surface area contributed by atoms with Gasteiger partial charge < -0.3 is 10.0 Å². The summed E-state index contributed by atoms with van der Waals surface area (Å²) in [5.41, 5.74) is 0. The Morgan fingerprint density at radius 1 is 1.56 bits per heavy atom. The van der Waals surface area contributed by atoms with Crippen molar-refractivity contribution >= 4 is 11.9 Å². The molecule has 1 fully saturated rings. The maximum Gasteiger partial charge on any atom is 0.305 e. The molecule has 1 unspecified atom stereocenters. The van der Waals surface area contributed by atoms with E-state index in [-0.39, 0.29) is 18.9 Å². The van der Waals surface area contributed by atoms with E-state index in [0.29, 0.717) is 19.6 Å². The van der Waals surface area contributed by atoms with Crippen LogP contribution in [0.15, 0.2) is 0 Å². The number of piperazine rings is 1. The van der Waals surface area contributed by atoms with Crippen molar-refractivity contribution in [3.05, 3.63) is 0 Å². The van der Waals surface area contributed by atoms with Gasteiger partial charge in [0.25, 0.3) is 0 Å². The molecule has 0 aliphatic carbocycles. The summed E-state index contributed by atoms with van der Waals surface area (Å²) in [5.74, 6) is -1.27. The maximum absolute atomic E-state index is 12.2. The number of hydrogen-bond acceptors (Lipinski definition) is 3. The topological polar surface area (TPSA) is 60.9 Å². The average Bonchev–Trinajstić information content (AvgIpc) is 2.24. The summed E-state index contributed by atoms with van der Waals surface area (Å²) in [6.45, 7) is 3.08. The molecule has 1 N–H and O–H groups in total. The van der Waals surface area contributed by atoms with Crippen molar-refractivity contribution in [3.8, 4) is 0 Å². The molecule has 1 saturated heterocycles. The molecule has 0 bridgehead atoms. The molecule has 0 saturated carbocycles. The number of hydrogen-bond donors (Lipinski definition) is 1. The third-order valence-electron chi connectivity index (χ3n) is 2.82. The summed E-state index contributed by atoms with van der Waals surface area (Å²) in [5, 5.41) is 8.74. The standard InChI is InChI=1S/C10H17FN2O3/c1-2-12-5-6-13(4-3-11)10(16)8(12)7-9(14)15/h8H,2-7H2,1H3,(H,14,15). The van der Waals surface area contributed by atoms with Crippen LogP contribution in [0.4, 0.5) is 4.39 Å². The van der Waals surface area contributed by atoms with Crippen LogP contribution in [0.1, 0.15) is 13.3 Å². The molecule has 0 aromatic heterocycles. The summed E-state index contributed by atoms with van der Waals surface area (Å²) >= 11 is 0. The van der Waals surface area contributed by atoms with E-state index in [1.807, 2.05) is 11.8 Å². The monoisotopic (exact) mass is 232 g/mol. The number of carboxylic acid groups (broad SMARTS) is 1. The van der Waals surface area contributed by atoms with E-state index in [2.05, 4.69) is 0 Å². The predicted octanol–water partition coefficient (Wildman–Crippen LogP) is -0.0367. The van der Waals surface area contributed by atoms with Crippen LogP contribution in [-0.4, -0.2) is 65.7 Å². The zero-order valence-corrected chi connectivity index (χ0v) is 9.36. The molecule has 6 heteroatoms. The van der Waals surface area contributed by atoms with Crippen molar-refractivity contribution < 1.29 is 19.1 Å². The number of aliphatic carboxylic acids is 1. The maximum atomic E-state index is 12.2. The lowest BCUT2D eigenvalue weighted by atomic mass is 10.1. The van der Waals surface area contributed by atoms with Crippen LogP contribution < -0.4 is 0 Å². The Morgan fingerprint density at radius 2 is 2.25 bits per heavy atom. The van der Waals surface area contributed by atoms with E-state index < -0.39 is 18.7 Å². The Hall–Kier alpha value is -1.17. The van der Waals surface area contributed by atoms with Crippen LogP contribution in [0.3, 0.4) is 0 Å². The molecule has 1 aliphatic rings. The molecule has 1 atom stereocenters. The minimum Gasteiger partial charge on any atom is -0.481 e. The zero-order valence-electron chi connectivity index (χ0n) is 9.36. The Kier molecular flexibility index (Phi) is 4.67. The first-order valence-corrected chi connectivity index (χ1v) is 5.40. The van der Waals surface area contributed by atoms with Gasteiger partial charge in [-0.2, -0.15) is 0 Å². The number of carbonyl (C=O) groups is 2. The van der Waals surface area contributed by atoms with Crippen molar-refractivity contribution in [1.82, 2.24) is 9.80 Å². The van der Waals surface area contributed by atoms with E-state index in [1.54, 1.807) is 0 Å². The smallest absolute Gasteiger partial charge is 0.305 e. The molecule has 0 aromatic carbocycles. The third-order valence-corrected chi connectivity index (χ3v) is 2.82. The first kappa shape index (κ1) is 12.9. The average molecular weight is 232 g/mol. The molecule has 1 amide bonds. The van der Waals surface area contributed by atoms with Gasteiger partial charge in [-0.25, -0.2) is 4.39 Å². The second-order valence-corrected chi connectivity index (χ2v) is 3.76. The first-order valence-electron chi connectivity index (χ1n) is 5.40. The van der Waals surface area contributed by atoms with Gasteiger partial charge in [0.05, 0.1) is 12.5 Å². The molecule has 0 aromatic rings. The highest BCUT2D eigenvalue weighted by Gasteiger charge is 2.34. The van der Waals surface area contributed by atoms with Gasteiger partial charge in [-0.15, -0.1) is 0 Å². The molecule has 1 rings (SSSR count). The Balaban J connectivity index is 2.71. The van der Waals surface area contributed by atoms with Crippen molar-refractivity contribution in [2.24, 2.45) is 0 Å². The zero-order chi connectivity index (χ0) is 12.1. The lowest BCUT2D eigenvalue weighted by Gasteiger charge is -2.39. The number of rotatable bonds is 5. The van der Waals surface area contributed by atoms with Gasteiger partial charge in [-0.05, 0) is 6.54 Å². The van der Waals surface area contributed by atoms with Gasteiger partial charge in [0.1, 0.15) is 6.67 Å². The molecule has 1 aliphatic heterocycles. The van der Waals surface area contributed by atoms with Crippen LogP contribution in [0.5, 0.6) is 0 Å². The molecule has 1 heterocycles. The van der Waals surface area contributed by atoms with E-state index >= 15 is 0 Å². The number of nitrogens with zero attached hydrogens (tertiary/aromatic N) is 2. The number of halogens is 1. The number of likely N-dealkylation sites (N-methyl/N-ethyl adjacent to an activating group) is 1. The summed E-state index contributed by atoms with van der Waals surface area (Å²) in [6.07, 6.45) is -0.213. The predicted molar refractivity (Wildman–Crippen MR) is 55.8 cm³/mol. The van der Waals surface area contributed by atoms with Gasteiger partial charge in [0, 0.05) is 19.6 Å². The Labute approximate surface area is 93.8 Å². The summed E-state index contributed by atoms with van der Waals surface area (Å²) < 4.78 is 12.2. The van der Waals surface area contributed by atoms with Gasteiger partial charge in [-0.1, -0.05) is 6.92 Å². The SMILES string of the molecule is CCN1CCN(CCF)C(=O)C1CC(=O)O. The van der Waals surface area contributed by atoms with Gasteiger partial charge in [0.2, 0.25) is 5.91 Å². The lowest BCUT2D eigenvalue weighted by Crippen LogP contribution is -2.57. The van der Waals surface area contributed by atoms with Gasteiger partial charge >= 0.3 is 5.97 Å². The molecule has 0 spiro atoms. The van der Waals surface area contributed by atoms with Crippen LogP contribution in [0, 0.1) is 0 Å². The fourth-order valence-electron chi connectivity index (χ4n) is 1.97. The Morgan fingerprint density at radius 3 is 2.75 bits per heavy atom. The summed E-state index contributed by atoms with van der Waals surface area (Å²) in [4.78, 5) is 25.8.